The number of carbonyl (C=O) groups is 2. The third kappa shape index (κ3) is 8.42. The summed E-state index contributed by atoms with van der Waals surface area (Å²) in [7, 11) is 0. The van der Waals surface area contributed by atoms with Gasteiger partial charge in [-0.15, -0.1) is 0 Å². The van der Waals surface area contributed by atoms with Crippen LogP contribution in [0.2, 0.25) is 0 Å². The molecule has 0 spiro atoms. The first-order valence-electron chi connectivity index (χ1n) is 3.05. The van der Waals surface area contributed by atoms with Crippen LogP contribution in [-0.2, 0) is 9.59 Å². The molecule has 0 atom stereocenters. The molecule has 0 rings (SSSR count). The summed E-state index contributed by atoms with van der Waals surface area (Å²) in [6, 6.07) is 0. The van der Waals surface area contributed by atoms with Gasteiger partial charge in [-0.2, -0.15) is 0 Å². The van der Waals surface area contributed by atoms with E-state index in [1.165, 1.54) is 12.2 Å². The molecule has 0 unspecified atom stereocenters. The van der Waals surface area contributed by atoms with Crippen LogP contribution in [0, 0.1) is 0 Å². The second-order valence-electron chi connectivity index (χ2n) is 1.85. The van der Waals surface area contributed by atoms with E-state index in [1.54, 1.807) is 12.2 Å². The first kappa shape index (κ1) is 9.42. The Morgan fingerprint density at radius 3 is 1.64 bits per heavy atom. The van der Waals surface area contributed by atoms with Crippen LogP contribution < -0.4 is 11.5 Å². The molecule has 11 heavy (non-hydrogen) atoms. The normalized spacial score (nSPS) is 10.9. The molecule has 0 fully saturated rings. The van der Waals surface area contributed by atoms with E-state index in [0.29, 0.717) is 6.42 Å². The monoisotopic (exact) mass is 154 g/mol. The largest absolute Gasteiger partial charge is 0.366 e. The molecule has 60 valence electrons. The van der Waals surface area contributed by atoms with Crippen molar-refractivity contribution in [2.75, 3.05) is 0 Å². The highest BCUT2D eigenvalue weighted by Crippen LogP contribution is 1.84. The maximum absolute atomic E-state index is 10.1. The first-order chi connectivity index (χ1) is 5.13. The van der Waals surface area contributed by atoms with Crippen LogP contribution in [0.3, 0.4) is 0 Å². The Morgan fingerprint density at radius 2 is 1.36 bits per heavy atom. The van der Waals surface area contributed by atoms with E-state index in [9.17, 15) is 9.59 Å². The van der Waals surface area contributed by atoms with Crippen molar-refractivity contribution in [2.24, 2.45) is 11.5 Å². The minimum absolute atomic E-state index is 0.478. The smallest absolute Gasteiger partial charge is 0.241 e. The zero-order valence-electron chi connectivity index (χ0n) is 5.99. The minimum atomic E-state index is -0.502. The zero-order valence-corrected chi connectivity index (χ0v) is 5.99. The van der Waals surface area contributed by atoms with Crippen molar-refractivity contribution in [3.63, 3.8) is 0 Å². The minimum Gasteiger partial charge on any atom is -0.366 e. The quantitative estimate of drug-likeness (QED) is 0.533. The summed E-state index contributed by atoms with van der Waals surface area (Å²) in [6.07, 6.45) is 6.02. The number of carbonyl (C=O) groups excluding carboxylic acids is 2. The van der Waals surface area contributed by atoms with Gasteiger partial charge in [0.15, 0.2) is 0 Å². The van der Waals surface area contributed by atoms with Crippen LogP contribution in [0.15, 0.2) is 24.3 Å². The lowest BCUT2D eigenvalue weighted by molar-refractivity contribution is -0.114. The molecule has 0 aromatic heterocycles. The summed E-state index contributed by atoms with van der Waals surface area (Å²) in [5.74, 6) is -1.00. The van der Waals surface area contributed by atoms with Gasteiger partial charge >= 0.3 is 0 Å². The van der Waals surface area contributed by atoms with E-state index in [0.717, 1.165) is 0 Å². The van der Waals surface area contributed by atoms with Gasteiger partial charge in [0.25, 0.3) is 0 Å². The van der Waals surface area contributed by atoms with E-state index in [4.69, 9.17) is 11.5 Å². The summed E-state index contributed by atoms with van der Waals surface area (Å²) >= 11 is 0. The highest BCUT2D eigenvalue weighted by molar-refractivity contribution is 5.86. The lowest BCUT2D eigenvalue weighted by Gasteiger charge is -1.80. The molecule has 0 aliphatic heterocycles. The summed E-state index contributed by atoms with van der Waals surface area (Å²) < 4.78 is 0. The molecule has 0 aromatic rings. The molecular weight excluding hydrogens is 144 g/mol. The van der Waals surface area contributed by atoms with Gasteiger partial charge in [0.2, 0.25) is 11.8 Å². The maximum atomic E-state index is 10.1. The predicted octanol–water partition coefficient (Wildman–Crippen LogP) is -0.541. The second-order valence-corrected chi connectivity index (χ2v) is 1.85. The highest BCUT2D eigenvalue weighted by atomic mass is 16.1. The Labute approximate surface area is 64.6 Å². The van der Waals surface area contributed by atoms with Gasteiger partial charge in [0.05, 0.1) is 0 Å². The van der Waals surface area contributed by atoms with Crippen molar-refractivity contribution in [1.82, 2.24) is 0 Å². The van der Waals surface area contributed by atoms with E-state index in [1.807, 2.05) is 0 Å². The molecule has 0 aliphatic carbocycles. The second kappa shape index (κ2) is 5.22. The van der Waals surface area contributed by atoms with Crippen molar-refractivity contribution >= 4 is 11.8 Å². The molecule has 2 amide bonds. The average Bonchev–Trinajstić information content (AvgIpc) is 1.85. The molecule has 0 saturated carbocycles. The number of allylic oxidation sites excluding steroid dienone is 2. The molecule has 0 bridgehead atoms. The molecule has 4 nitrogen and oxygen atoms in total. The molecular formula is C7H10N2O2. The van der Waals surface area contributed by atoms with Crippen molar-refractivity contribution in [3.8, 4) is 0 Å². The average molecular weight is 154 g/mol. The van der Waals surface area contributed by atoms with Crippen molar-refractivity contribution in [2.45, 2.75) is 6.42 Å². The maximum Gasteiger partial charge on any atom is 0.241 e. The highest BCUT2D eigenvalue weighted by Gasteiger charge is 1.81. The zero-order chi connectivity index (χ0) is 8.69. The lowest BCUT2D eigenvalue weighted by Crippen LogP contribution is -2.05. The SMILES string of the molecule is NC(=O)C=CC/C=C/C(N)=O. The summed E-state index contributed by atoms with van der Waals surface area (Å²) in [6.45, 7) is 0. The third-order valence-electron chi connectivity index (χ3n) is 0.836. The summed E-state index contributed by atoms with van der Waals surface area (Å²) in [5, 5.41) is 0. The molecule has 0 saturated heterocycles. The van der Waals surface area contributed by atoms with Gasteiger partial charge in [-0.05, 0) is 18.6 Å². The van der Waals surface area contributed by atoms with Crippen LogP contribution >= 0.6 is 0 Å². The number of primary amides is 2. The van der Waals surface area contributed by atoms with Gasteiger partial charge in [0.1, 0.15) is 0 Å². The molecule has 0 radical (unpaired) electrons. The number of hydrogen-bond donors (Lipinski definition) is 2. The summed E-state index contributed by atoms with van der Waals surface area (Å²) in [4.78, 5) is 20.2. The van der Waals surface area contributed by atoms with Gasteiger partial charge in [-0.25, -0.2) is 0 Å². The van der Waals surface area contributed by atoms with Crippen LogP contribution in [0.5, 0.6) is 0 Å². The van der Waals surface area contributed by atoms with Crippen molar-refractivity contribution in [3.05, 3.63) is 24.3 Å². The fourth-order valence-corrected chi connectivity index (χ4v) is 0.447. The third-order valence-corrected chi connectivity index (χ3v) is 0.836. The van der Waals surface area contributed by atoms with Crippen molar-refractivity contribution < 1.29 is 9.59 Å². The van der Waals surface area contributed by atoms with Crippen LogP contribution in [-0.4, -0.2) is 11.8 Å². The summed E-state index contributed by atoms with van der Waals surface area (Å²) in [5.41, 5.74) is 9.59. The first-order valence-corrected chi connectivity index (χ1v) is 3.05. The fraction of sp³-hybridized carbons (Fsp3) is 0.143. The standard InChI is InChI=1S/C7H10N2O2/c8-6(10)4-2-1-3-5-7(9)11/h2-5H,1H2,(H2,8,10)(H2,9,11)/b4-2+,5-3?. The Kier molecular flexibility index (Phi) is 4.47. The molecule has 4 N–H and O–H groups in total. The van der Waals surface area contributed by atoms with Crippen LogP contribution in [0.1, 0.15) is 6.42 Å². The Bertz CT molecular complexity index is 184. The topological polar surface area (TPSA) is 86.2 Å². The Hall–Kier alpha value is -1.58. The van der Waals surface area contributed by atoms with E-state index >= 15 is 0 Å². The number of amides is 2. The van der Waals surface area contributed by atoms with Gasteiger partial charge in [0, 0.05) is 0 Å². The fourth-order valence-electron chi connectivity index (χ4n) is 0.447. The molecule has 0 heterocycles. The number of rotatable bonds is 4. The van der Waals surface area contributed by atoms with Crippen molar-refractivity contribution in [1.29, 1.82) is 0 Å². The van der Waals surface area contributed by atoms with E-state index < -0.39 is 11.8 Å². The number of nitrogens with two attached hydrogens (primary N) is 2. The Morgan fingerprint density at radius 1 is 1.00 bits per heavy atom. The molecule has 0 aromatic carbocycles. The lowest BCUT2D eigenvalue weighted by atomic mass is 10.3. The number of hydrogen-bond acceptors (Lipinski definition) is 2. The van der Waals surface area contributed by atoms with E-state index in [2.05, 4.69) is 0 Å². The van der Waals surface area contributed by atoms with Crippen LogP contribution in [0.4, 0.5) is 0 Å². The predicted molar refractivity (Wildman–Crippen MR) is 41.3 cm³/mol. The molecule has 4 heteroatoms. The van der Waals surface area contributed by atoms with Crippen LogP contribution in [0.25, 0.3) is 0 Å². The van der Waals surface area contributed by atoms with Gasteiger partial charge < -0.3 is 11.5 Å². The van der Waals surface area contributed by atoms with Gasteiger partial charge in [-0.1, -0.05) is 12.2 Å². The van der Waals surface area contributed by atoms with E-state index in [-0.39, 0.29) is 0 Å². The Balaban J connectivity index is 3.57. The van der Waals surface area contributed by atoms with Gasteiger partial charge in [-0.3, -0.25) is 9.59 Å². The molecule has 0 aliphatic rings.